The highest BCUT2D eigenvalue weighted by Gasteiger charge is 2.42. The molecule has 0 saturated carbocycles. The number of benzene rings is 3. The molecule has 2 aliphatic heterocycles. The molecule has 3 aromatic carbocycles. The van der Waals surface area contributed by atoms with Crippen molar-refractivity contribution in [2.45, 2.75) is 25.6 Å². The first-order chi connectivity index (χ1) is 15.2. The highest BCUT2D eigenvalue weighted by atomic mass is 35.5. The Labute approximate surface area is 186 Å². The van der Waals surface area contributed by atoms with Gasteiger partial charge in [0, 0.05) is 22.6 Å². The first-order valence-corrected chi connectivity index (χ1v) is 10.7. The second-order valence-electron chi connectivity index (χ2n) is 7.51. The molecule has 3 aromatic rings. The van der Waals surface area contributed by atoms with Crippen LogP contribution in [-0.4, -0.2) is 24.4 Å². The third-order valence-electron chi connectivity index (χ3n) is 5.63. The minimum atomic E-state index is -0.396. The lowest BCUT2D eigenvalue weighted by Gasteiger charge is -2.38. The number of fused-ring (bicyclic) bond motifs is 3. The number of rotatable bonds is 5. The third kappa shape index (κ3) is 3.59. The van der Waals surface area contributed by atoms with Gasteiger partial charge in [0.1, 0.15) is 5.75 Å². The summed E-state index contributed by atoms with van der Waals surface area (Å²) in [6.07, 6.45) is 0.377. The van der Waals surface area contributed by atoms with Crippen LogP contribution in [0.25, 0.3) is 0 Å². The van der Waals surface area contributed by atoms with E-state index < -0.39 is 6.23 Å². The van der Waals surface area contributed by atoms with E-state index in [1.54, 1.807) is 7.11 Å². The second kappa shape index (κ2) is 8.16. The van der Waals surface area contributed by atoms with Crippen molar-refractivity contribution in [2.75, 3.05) is 13.7 Å². The van der Waals surface area contributed by atoms with E-state index >= 15 is 0 Å². The molecule has 0 fully saturated rings. The van der Waals surface area contributed by atoms with Crippen LogP contribution in [0, 0.1) is 0 Å². The summed E-state index contributed by atoms with van der Waals surface area (Å²) in [5.74, 6) is 2.34. The van der Waals surface area contributed by atoms with Crippen molar-refractivity contribution in [3.63, 3.8) is 0 Å². The summed E-state index contributed by atoms with van der Waals surface area (Å²) < 4.78 is 17.6. The van der Waals surface area contributed by atoms with Crippen LogP contribution in [0.1, 0.15) is 42.3 Å². The molecule has 6 heteroatoms. The number of para-hydroxylation sites is 1. The van der Waals surface area contributed by atoms with Crippen LogP contribution in [0.3, 0.4) is 0 Å². The highest BCUT2D eigenvalue weighted by Crippen LogP contribution is 2.50. The van der Waals surface area contributed by atoms with Crippen LogP contribution in [0.5, 0.6) is 17.2 Å². The van der Waals surface area contributed by atoms with Gasteiger partial charge in [-0.05, 0) is 55.0 Å². The zero-order chi connectivity index (χ0) is 21.4. The molecular formula is C25H23ClN2O3. The van der Waals surface area contributed by atoms with E-state index in [1.807, 2.05) is 60.5 Å². The van der Waals surface area contributed by atoms with E-state index in [-0.39, 0.29) is 6.04 Å². The van der Waals surface area contributed by atoms with Gasteiger partial charge in [0.25, 0.3) is 0 Å². The Bertz CT molecular complexity index is 1130. The molecule has 0 amide bonds. The van der Waals surface area contributed by atoms with Gasteiger partial charge in [-0.2, -0.15) is 5.10 Å². The molecule has 0 aromatic heterocycles. The van der Waals surface area contributed by atoms with Crippen LogP contribution in [0.2, 0.25) is 5.02 Å². The molecule has 31 heavy (non-hydrogen) atoms. The first kappa shape index (κ1) is 19.8. The number of nitrogens with zero attached hydrogens (tertiary/aromatic N) is 2. The van der Waals surface area contributed by atoms with E-state index in [0.717, 1.165) is 46.1 Å². The molecule has 0 bridgehead atoms. The minimum Gasteiger partial charge on any atom is -0.494 e. The van der Waals surface area contributed by atoms with Crippen LogP contribution >= 0.6 is 11.6 Å². The summed E-state index contributed by atoms with van der Waals surface area (Å²) in [5, 5.41) is 7.70. The van der Waals surface area contributed by atoms with Gasteiger partial charge >= 0.3 is 0 Å². The van der Waals surface area contributed by atoms with Crippen molar-refractivity contribution >= 4 is 17.3 Å². The highest BCUT2D eigenvalue weighted by molar-refractivity contribution is 6.30. The number of ether oxygens (including phenoxy) is 3. The van der Waals surface area contributed by atoms with Gasteiger partial charge in [-0.25, -0.2) is 5.01 Å². The number of hydrogen-bond donors (Lipinski definition) is 0. The number of hydrogen-bond acceptors (Lipinski definition) is 5. The third-order valence-corrected chi connectivity index (χ3v) is 5.87. The zero-order valence-electron chi connectivity index (χ0n) is 17.4. The summed E-state index contributed by atoms with van der Waals surface area (Å²) in [6, 6.07) is 21.9. The molecular weight excluding hydrogens is 412 g/mol. The van der Waals surface area contributed by atoms with E-state index in [2.05, 4.69) is 18.2 Å². The van der Waals surface area contributed by atoms with Crippen molar-refractivity contribution in [1.29, 1.82) is 0 Å². The standard InChI is InChI=1S/C25H23ClN2O3/c1-3-30-19-12-10-16(11-13-19)21-15-22-20-8-5-9-23(29-2)24(20)31-25(28(22)27-21)17-6-4-7-18(26)14-17/h4-14,22,25H,3,15H2,1-2H3/t22-,25+/m1/s1. The monoisotopic (exact) mass is 434 g/mol. The topological polar surface area (TPSA) is 43.3 Å². The maximum Gasteiger partial charge on any atom is 0.214 e. The zero-order valence-corrected chi connectivity index (χ0v) is 18.2. The van der Waals surface area contributed by atoms with Gasteiger partial charge < -0.3 is 14.2 Å². The fourth-order valence-electron chi connectivity index (χ4n) is 4.21. The van der Waals surface area contributed by atoms with Gasteiger partial charge in [0.15, 0.2) is 11.5 Å². The molecule has 0 unspecified atom stereocenters. The summed E-state index contributed by atoms with van der Waals surface area (Å²) in [7, 11) is 1.66. The average molecular weight is 435 g/mol. The molecule has 0 saturated heterocycles. The minimum absolute atomic E-state index is 0.0457. The summed E-state index contributed by atoms with van der Waals surface area (Å²) in [6.45, 7) is 2.63. The van der Waals surface area contributed by atoms with Gasteiger partial charge in [-0.1, -0.05) is 35.9 Å². The molecule has 158 valence electrons. The predicted octanol–water partition coefficient (Wildman–Crippen LogP) is 5.99. The van der Waals surface area contributed by atoms with Crippen LogP contribution in [0.15, 0.2) is 71.8 Å². The normalized spacial score (nSPS) is 19.2. The van der Waals surface area contributed by atoms with Gasteiger partial charge in [0.2, 0.25) is 6.23 Å². The van der Waals surface area contributed by atoms with Crippen molar-refractivity contribution in [3.8, 4) is 17.2 Å². The van der Waals surface area contributed by atoms with Crippen molar-refractivity contribution in [3.05, 3.63) is 88.4 Å². The van der Waals surface area contributed by atoms with Crippen molar-refractivity contribution in [1.82, 2.24) is 5.01 Å². The maximum atomic E-state index is 6.46. The molecule has 0 radical (unpaired) electrons. The van der Waals surface area contributed by atoms with Gasteiger partial charge in [0.05, 0.1) is 25.5 Å². The molecule has 0 spiro atoms. The molecule has 2 atom stereocenters. The number of halogens is 1. The van der Waals surface area contributed by atoms with Crippen LogP contribution in [-0.2, 0) is 0 Å². The van der Waals surface area contributed by atoms with Gasteiger partial charge in [-0.15, -0.1) is 0 Å². The Morgan fingerprint density at radius 2 is 1.90 bits per heavy atom. The smallest absolute Gasteiger partial charge is 0.214 e. The second-order valence-corrected chi connectivity index (χ2v) is 7.94. The van der Waals surface area contributed by atoms with Gasteiger partial charge in [-0.3, -0.25) is 0 Å². The molecule has 0 N–H and O–H groups in total. The van der Waals surface area contributed by atoms with Crippen LogP contribution in [0.4, 0.5) is 0 Å². The largest absolute Gasteiger partial charge is 0.494 e. The maximum absolute atomic E-state index is 6.46. The Hall–Kier alpha value is -3.18. The van der Waals surface area contributed by atoms with E-state index in [1.165, 1.54) is 0 Å². The molecule has 0 aliphatic carbocycles. The lowest BCUT2D eigenvalue weighted by atomic mass is 9.95. The number of methoxy groups -OCH3 is 1. The first-order valence-electron chi connectivity index (χ1n) is 10.4. The Morgan fingerprint density at radius 1 is 1.10 bits per heavy atom. The van der Waals surface area contributed by atoms with E-state index in [9.17, 15) is 0 Å². The molecule has 2 aliphatic rings. The van der Waals surface area contributed by atoms with E-state index in [4.69, 9.17) is 30.9 Å². The summed E-state index contributed by atoms with van der Waals surface area (Å²) >= 11 is 6.28. The van der Waals surface area contributed by atoms with Crippen molar-refractivity contribution < 1.29 is 14.2 Å². The SMILES string of the molecule is CCOc1ccc(C2=NN3[C@H](C2)c2cccc(OC)c2O[C@H]3c2cccc(Cl)c2)cc1. The fourth-order valence-corrected chi connectivity index (χ4v) is 4.41. The summed E-state index contributed by atoms with van der Waals surface area (Å²) in [4.78, 5) is 0. The number of hydrazone groups is 1. The average Bonchev–Trinajstić information content (AvgIpc) is 3.24. The fraction of sp³-hybridized carbons (Fsp3) is 0.240. The Balaban J connectivity index is 1.57. The molecule has 5 nitrogen and oxygen atoms in total. The quantitative estimate of drug-likeness (QED) is 0.494. The summed E-state index contributed by atoms with van der Waals surface area (Å²) in [5.41, 5.74) is 4.11. The molecule has 5 rings (SSSR count). The predicted molar refractivity (Wildman–Crippen MR) is 121 cm³/mol. The van der Waals surface area contributed by atoms with Crippen LogP contribution < -0.4 is 14.2 Å². The van der Waals surface area contributed by atoms with E-state index in [0.29, 0.717) is 11.6 Å². The Kier molecular flexibility index (Phi) is 5.20. The lowest BCUT2D eigenvalue weighted by Crippen LogP contribution is -2.33. The van der Waals surface area contributed by atoms with Crippen molar-refractivity contribution in [2.24, 2.45) is 5.10 Å². The molecule has 2 heterocycles. The Morgan fingerprint density at radius 3 is 2.65 bits per heavy atom. The lowest BCUT2D eigenvalue weighted by molar-refractivity contribution is -0.0208.